The van der Waals surface area contributed by atoms with E-state index in [0.29, 0.717) is 6.54 Å². The van der Waals surface area contributed by atoms with Crippen LogP contribution in [-0.2, 0) is 6.54 Å². The number of hydrogen-bond donors (Lipinski definition) is 1. The number of hydrogen-bond acceptors (Lipinski definition) is 2. The highest BCUT2D eigenvalue weighted by molar-refractivity contribution is 5.48. The lowest BCUT2D eigenvalue weighted by atomic mass is 10.3. The molecule has 0 fully saturated rings. The fourth-order valence-electron chi connectivity index (χ4n) is 1.11. The van der Waals surface area contributed by atoms with E-state index in [2.05, 4.69) is 5.10 Å². The molecule has 11 heavy (non-hydrogen) atoms. The van der Waals surface area contributed by atoms with Gasteiger partial charge in [-0.2, -0.15) is 5.10 Å². The molecule has 0 aromatic carbocycles. The molecule has 0 unspecified atom stereocenters. The van der Waals surface area contributed by atoms with Gasteiger partial charge in [0.05, 0.1) is 5.52 Å². The average Bonchev–Trinajstić information content (AvgIpc) is 2.46. The summed E-state index contributed by atoms with van der Waals surface area (Å²) < 4.78 is 1.82. The molecule has 0 saturated heterocycles. The minimum absolute atomic E-state index is 0.573. The standard InChI is InChI=1S/C8H9N3/c9-5-7-4-8-2-1-3-10-11(8)6-7/h1-4,6H,5,9H2. The Hall–Kier alpha value is -1.35. The van der Waals surface area contributed by atoms with Crippen LogP contribution in [0.5, 0.6) is 0 Å². The SMILES string of the molecule is NCc1cc2cccnn2c1. The highest BCUT2D eigenvalue weighted by atomic mass is 15.2. The Balaban J connectivity index is 2.69. The molecule has 2 heterocycles. The van der Waals surface area contributed by atoms with E-state index in [4.69, 9.17) is 5.73 Å². The van der Waals surface area contributed by atoms with E-state index in [1.165, 1.54) is 0 Å². The normalized spacial score (nSPS) is 10.6. The molecule has 0 aliphatic carbocycles. The van der Waals surface area contributed by atoms with Crippen LogP contribution < -0.4 is 5.73 Å². The van der Waals surface area contributed by atoms with Gasteiger partial charge in [0.2, 0.25) is 0 Å². The fraction of sp³-hybridized carbons (Fsp3) is 0.125. The third-order valence-electron chi connectivity index (χ3n) is 1.67. The van der Waals surface area contributed by atoms with Crippen LogP contribution in [-0.4, -0.2) is 9.61 Å². The fourth-order valence-corrected chi connectivity index (χ4v) is 1.11. The van der Waals surface area contributed by atoms with Crippen LogP contribution in [0.15, 0.2) is 30.6 Å². The minimum Gasteiger partial charge on any atom is -0.326 e. The van der Waals surface area contributed by atoms with E-state index in [1.807, 2.05) is 28.9 Å². The van der Waals surface area contributed by atoms with Crippen LogP contribution in [0.3, 0.4) is 0 Å². The summed E-state index contributed by atoms with van der Waals surface area (Å²) in [5.74, 6) is 0. The quantitative estimate of drug-likeness (QED) is 0.648. The summed E-state index contributed by atoms with van der Waals surface area (Å²) in [4.78, 5) is 0. The topological polar surface area (TPSA) is 43.3 Å². The molecule has 0 saturated carbocycles. The Labute approximate surface area is 64.4 Å². The average molecular weight is 147 g/mol. The van der Waals surface area contributed by atoms with Crippen LogP contribution >= 0.6 is 0 Å². The van der Waals surface area contributed by atoms with Gasteiger partial charge in [0.1, 0.15) is 0 Å². The van der Waals surface area contributed by atoms with Gasteiger partial charge in [-0.3, -0.25) is 0 Å². The second-order valence-electron chi connectivity index (χ2n) is 2.45. The highest BCUT2D eigenvalue weighted by Crippen LogP contribution is 2.06. The van der Waals surface area contributed by atoms with Crippen molar-refractivity contribution in [2.75, 3.05) is 0 Å². The molecule has 3 heteroatoms. The molecule has 2 aromatic rings. The second-order valence-corrected chi connectivity index (χ2v) is 2.45. The van der Waals surface area contributed by atoms with Crippen molar-refractivity contribution in [3.8, 4) is 0 Å². The van der Waals surface area contributed by atoms with E-state index in [9.17, 15) is 0 Å². The summed E-state index contributed by atoms with van der Waals surface area (Å²) in [6, 6.07) is 5.95. The third-order valence-corrected chi connectivity index (χ3v) is 1.67. The number of fused-ring (bicyclic) bond motifs is 1. The maximum absolute atomic E-state index is 5.47. The van der Waals surface area contributed by atoms with Gasteiger partial charge in [0.15, 0.2) is 0 Å². The lowest BCUT2D eigenvalue weighted by molar-refractivity contribution is 0.928. The van der Waals surface area contributed by atoms with Gasteiger partial charge in [-0.25, -0.2) is 4.52 Å². The van der Waals surface area contributed by atoms with Gasteiger partial charge in [-0.05, 0) is 23.8 Å². The van der Waals surface area contributed by atoms with Crippen molar-refractivity contribution in [1.29, 1.82) is 0 Å². The van der Waals surface area contributed by atoms with Crippen LogP contribution in [0.2, 0.25) is 0 Å². The first kappa shape index (κ1) is 6.37. The van der Waals surface area contributed by atoms with E-state index >= 15 is 0 Å². The number of nitrogens with zero attached hydrogens (tertiary/aromatic N) is 2. The zero-order valence-corrected chi connectivity index (χ0v) is 6.07. The maximum Gasteiger partial charge on any atom is 0.0650 e. The van der Waals surface area contributed by atoms with Gasteiger partial charge >= 0.3 is 0 Å². The number of nitrogens with two attached hydrogens (primary N) is 1. The van der Waals surface area contributed by atoms with Gasteiger partial charge in [-0.1, -0.05) is 0 Å². The zero-order valence-electron chi connectivity index (χ0n) is 6.07. The molecule has 2 rings (SSSR count). The Morgan fingerprint density at radius 2 is 2.45 bits per heavy atom. The molecule has 0 aliphatic rings. The number of rotatable bonds is 1. The summed E-state index contributed by atoms with van der Waals surface area (Å²) >= 11 is 0. The first-order valence-corrected chi connectivity index (χ1v) is 3.52. The molecule has 3 nitrogen and oxygen atoms in total. The van der Waals surface area contributed by atoms with Gasteiger partial charge in [-0.15, -0.1) is 0 Å². The molecule has 2 N–H and O–H groups in total. The van der Waals surface area contributed by atoms with Crippen molar-refractivity contribution < 1.29 is 0 Å². The van der Waals surface area contributed by atoms with E-state index in [1.54, 1.807) is 6.20 Å². The minimum atomic E-state index is 0.573. The van der Waals surface area contributed by atoms with Gasteiger partial charge in [0.25, 0.3) is 0 Å². The van der Waals surface area contributed by atoms with Gasteiger partial charge < -0.3 is 5.73 Å². The van der Waals surface area contributed by atoms with E-state index < -0.39 is 0 Å². The third kappa shape index (κ3) is 0.991. The molecule has 0 bridgehead atoms. The van der Waals surface area contributed by atoms with Crippen LogP contribution in [0.1, 0.15) is 5.56 Å². The van der Waals surface area contributed by atoms with Crippen molar-refractivity contribution in [2.45, 2.75) is 6.54 Å². The van der Waals surface area contributed by atoms with Crippen molar-refractivity contribution >= 4 is 5.52 Å². The maximum atomic E-state index is 5.47. The van der Waals surface area contributed by atoms with Crippen LogP contribution in [0.25, 0.3) is 5.52 Å². The summed E-state index contributed by atoms with van der Waals surface area (Å²) in [6.07, 6.45) is 3.70. The molecule has 0 aliphatic heterocycles. The lowest BCUT2D eigenvalue weighted by Crippen LogP contribution is -1.93. The first-order chi connectivity index (χ1) is 5.40. The molecule has 2 aromatic heterocycles. The smallest absolute Gasteiger partial charge is 0.0650 e. The lowest BCUT2D eigenvalue weighted by Gasteiger charge is -1.87. The predicted molar refractivity (Wildman–Crippen MR) is 43.1 cm³/mol. The second kappa shape index (κ2) is 2.36. The summed E-state index contributed by atoms with van der Waals surface area (Å²) in [5, 5.41) is 4.11. The van der Waals surface area contributed by atoms with Gasteiger partial charge in [0, 0.05) is 18.9 Å². The van der Waals surface area contributed by atoms with Crippen molar-refractivity contribution in [1.82, 2.24) is 9.61 Å². The zero-order chi connectivity index (χ0) is 7.68. The molecule has 0 radical (unpaired) electrons. The molecule has 56 valence electrons. The van der Waals surface area contributed by atoms with Crippen molar-refractivity contribution in [3.05, 3.63) is 36.2 Å². The summed E-state index contributed by atoms with van der Waals surface area (Å²) in [6.45, 7) is 0.573. The van der Waals surface area contributed by atoms with Crippen molar-refractivity contribution in [2.24, 2.45) is 5.73 Å². The largest absolute Gasteiger partial charge is 0.326 e. The monoisotopic (exact) mass is 147 g/mol. The molecule has 0 spiro atoms. The van der Waals surface area contributed by atoms with Crippen molar-refractivity contribution in [3.63, 3.8) is 0 Å². The highest BCUT2D eigenvalue weighted by Gasteiger charge is 1.95. The molecule has 0 atom stereocenters. The Morgan fingerprint density at radius 1 is 1.55 bits per heavy atom. The molecular formula is C8H9N3. The molecule has 0 amide bonds. The summed E-state index contributed by atoms with van der Waals surface area (Å²) in [7, 11) is 0. The Bertz CT molecular complexity index is 331. The van der Waals surface area contributed by atoms with Crippen LogP contribution in [0, 0.1) is 0 Å². The van der Waals surface area contributed by atoms with Crippen LogP contribution in [0.4, 0.5) is 0 Å². The first-order valence-electron chi connectivity index (χ1n) is 3.52. The summed E-state index contributed by atoms with van der Waals surface area (Å²) in [5.41, 5.74) is 7.68. The Kier molecular flexibility index (Phi) is 1.36. The van der Waals surface area contributed by atoms with E-state index in [-0.39, 0.29) is 0 Å². The van der Waals surface area contributed by atoms with E-state index in [0.717, 1.165) is 11.1 Å². The number of aromatic nitrogens is 2. The Morgan fingerprint density at radius 3 is 3.18 bits per heavy atom. The molecular weight excluding hydrogens is 138 g/mol. The predicted octanol–water partition coefficient (Wildman–Crippen LogP) is 0.793.